The molecule has 0 unspecified atom stereocenters. The summed E-state index contributed by atoms with van der Waals surface area (Å²) >= 11 is 0. The maximum Gasteiger partial charge on any atom is 0.308 e. The maximum atomic E-state index is 12.6. The number of amides is 1. The summed E-state index contributed by atoms with van der Waals surface area (Å²) in [5.74, 6) is -1.81. The molecule has 1 aromatic carbocycles. The zero-order chi connectivity index (χ0) is 19.6. The zero-order valence-electron chi connectivity index (χ0n) is 15.6. The van der Waals surface area contributed by atoms with Crippen molar-refractivity contribution in [1.29, 1.82) is 0 Å². The molecule has 1 aliphatic heterocycles. The van der Waals surface area contributed by atoms with Crippen molar-refractivity contribution in [3.05, 3.63) is 28.8 Å². The smallest absolute Gasteiger partial charge is 0.308 e. The molecule has 0 radical (unpaired) electrons. The normalized spacial score (nSPS) is 20.4. The van der Waals surface area contributed by atoms with Gasteiger partial charge in [0.1, 0.15) is 0 Å². The van der Waals surface area contributed by atoms with Gasteiger partial charge in [-0.2, -0.15) is 0 Å². The second kappa shape index (κ2) is 7.75. The van der Waals surface area contributed by atoms with Crippen LogP contribution >= 0.6 is 0 Å². The lowest BCUT2D eigenvalue weighted by atomic mass is 9.99. The Labute approximate surface area is 154 Å². The second-order valence-corrected chi connectivity index (χ2v) is 8.80. The molecule has 1 fully saturated rings. The third-order valence-electron chi connectivity index (χ3n) is 4.79. The van der Waals surface area contributed by atoms with Crippen molar-refractivity contribution >= 4 is 21.9 Å². The summed E-state index contributed by atoms with van der Waals surface area (Å²) in [4.78, 5) is 25.1. The predicted octanol–water partition coefficient (Wildman–Crippen LogP) is 1.46. The molecular weight excluding hydrogens is 356 g/mol. The number of hydrogen-bond acceptors (Lipinski definition) is 4. The van der Waals surface area contributed by atoms with Crippen molar-refractivity contribution in [2.24, 2.45) is 11.8 Å². The molecule has 1 aromatic rings. The average molecular weight is 382 g/mol. The van der Waals surface area contributed by atoms with Gasteiger partial charge in [-0.3, -0.25) is 9.59 Å². The number of carbonyl (C=O) groups is 2. The molecule has 7 nitrogen and oxygen atoms in total. The molecule has 1 saturated heterocycles. The van der Waals surface area contributed by atoms with Crippen molar-refractivity contribution < 1.29 is 23.1 Å². The van der Waals surface area contributed by atoms with E-state index in [1.807, 2.05) is 19.1 Å². The maximum absolute atomic E-state index is 12.6. The average Bonchev–Trinajstić information content (AvgIpc) is 2.87. The first kappa shape index (κ1) is 20.4. The number of sulfonamides is 1. The molecule has 1 amide bonds. The first-order chi connectivity index (χ1) is 12.0. The largest absolute Gasteiger partial charge is 0.481 e. The van der Waals surface area contributed by atoms with Gasteiger partial charge in [0.25, 0.3) is 0 Å². The minimum absolute atomic E-state index is 0.00223. The van der Waals surface area contributed by atoms with Gasteiger partial charge in [0.2, 0.25) is 15.9 Å². The van der Waals surface area contributed by atoms with Gasteiger partial charge in [0, 0.05) is 26.1 Å². The summed E-state index contributed by atoms with van der Waals surface area (Å²) in [6, 6.07) is 3.62. The minimum Gasteiger partial charge on any atom is -0.481 e. The van der Waals surface area contributed by atoms with Crippen LogP contribution in [0.2, 0.25) is 0 Å². The highest BCUT2D eigenvalue weighted by Gasteiger charge is 2.36. The van der Waals surface area contributed by atoms with Crippen molar-refractivity contribution in [1.82, 2.24) is 9.62 Å². The van der Waals surface area contributed by atoms with Crippen molar-refractivity contribution in [2.45, 2.75) is 39.0 Å². The van der Waals surface area contributed by atoms with E-state index in [9.17, 15) is 18.0 Å². The second-order valence-electron chi connectivity index (χ2n) is 7.10. The fourth-order valence-electron chi connectivity index (χ4n) is 3.61. The molecule has 26 heavy (non-hydrogen) atoms. The van der Waals surface area contributed by atoms with E-state index >= 15 is 0 Å². The van der Waals surface area contributed by atoms with E-state index in [1.54, 1.807) is 20.8 Å². The van der Waals surface area contributed by atoms with Crippen LogP contribution in [0.25, 0.3) is 0 Å². The molecule has 144 valence electrons. The summed E-state index contributed by atoms with van der Waals surface area (Å²) in [6.07, 6.45) is 0.00223. The fourth-order valence-corrected chi connectivity index (χ4v) is 5.09. The van der Waals surface area contributed by atoms with Crippen LogP contribution in [0, 0.1) is 32.6 Å². The number of nitrogens with one attached hydrogen (secondary N) is 1. The number of aliphatic carboxylic acids is 1. The summed E-state index contributed by atoms with van der Waals surface area (Å²) in [5, 5.41) is 9.13. The number of aryl methyl sites for hydroxylation is 3. The minimum atomic E-state index is -3.71. The monoisotopic (exact) mass is 382 g/mol. The zero-order valence-corrected chi connectivity index (χ0v) is 16.4. The van der Waals surface area contributed by atoms with Gasteiger partial charge in [-0.1, -0.05) is 24.6 Å². The number of nitrogens with zero attached hydrogens (tertiary/aromatic N) is 1. The number of benzene rings is 1. The molecule has 0 saturated carbocycles. The van der Waals surface area contributed by atoms with E-state index in [0.717, 1.165) is 5.56 Å². The Morgan fingerprint density at radius 2 is 1.77 bits per heavy atom. The van der Waals surface area contributed by atoms with E-state index in [-0.39, 0.29) is 36.2 Å². The lowest BCUT2D eigenvalue weighted by molar-refractivity contribution is -0.142. The van der Waals surface area contributed by atoms with Gasteiger partial charge in [0.15, 0.2) is 0 Å². The standard InChI is InChI=1S/C18H26N2O5S/c1-11-7-12(2)17(13(3)8-11)26(24,25)19-6-5-16(21)20-9-14(4)15(10-20)18(22)23/h7-8,14-15,19H,5-6,9-10H2,1-4H3,(H,22,23)/t14-,15-/m1/s1. The van der Waals surface area contributed by atoms with Gasteiger partial charge >= 0.3 is 5.97 Å². The Balaban J connectivity index is 1.97. The number of carbonyl (C=O) groups excluding carboxylic acids is 1. The lowest BCUT2D eigenvalue weighted by Gasteiger charge is -2.17. The summed E-state index contributed by atoms with van der Waals surface area (Å²) in [7, 11) is -3.71. The lowest BCUT2D eigenvalue weighted by Crippen LogP contribution is -2.34. The highest BCUT2D eigenvalue weighted by atomic mass is 32.2. The first-order valence-corrected chi connectivity index (χ1v) is 10.1. The number of likely N-dealkylation sites (tertiary alicyclic amines) is 1. The van der Waals surface area contributed by atoms with Gasteiger partial charge < -0.3 is 10.0 Å². The van der Waals surface area contributed by atoms with Gasteiger partial charge in [0.05, 0.1) is 10.8 Å². The molecule has 2 N–H and O–H groups in total. The Kier molecular flexibility index (Phi) is 6.08. The summed E-state index contributed by atoms with van der Waals surface area (Å²) in [6.45, 7) is 7.75. The molecule has 1 heterocycles. The van der Waals surface area contributed by atoms with Gasteiger partial charge in [-0.15, -0.1) is 0 Å². The van der Waals surface area contributed by atoms with Crippen LogP contribution in [-0.2, 0) is 19.6 Å². The van der Waals surface area contributed by atoms with E-state index in [4.69, 9.17) is 5.11 Å². The molecule has 0 aliphatic carbocycles. The van der Waals surface area contributed by atoms with Crippen LogP contribution in [0.4, 0.5) is 0 Å². The highest BCUT2D eigenvalue weighted by Crippen LogP contribution is 2.24. The van der Waals surface area contributed by atoms with E-state index in [1.165, 1.54) is 4.90 Å². The molecule has 0 spiro atoms. The predicted molar refractivity (Wildman–Crippen MR) is 97.3 cm³/mol. The summed E-state index contributed by atoms with van der Waals surface area (Å²) in [5.41, 5.74) is 2.32. The third kappa shape index (κ3) is 4.42. The van der Waals surface area contributed by atoms with Crippen LogP contribution in [0.1, 0.15) is 30.0 Å². The summed E-state index contributed by atoms with van der Waals surface area (Å²) < 4.78 is 27.6. The topological polar surface area (TPSA) is 104 Å². The van der Waals surface area contributed by atoms with Crippen molar-refractivity contribution in [3.63, 3.8) is 0 Å². The number of carboxylic acid groups (broad SMARTS) is 1. The number of carboxylic acids is 1. The van der Waals surface area contributed by atoms with Crippen LogP contribution in [0.15, 0.2) is 17.0 Å². The highest BCUT2D eigenvalue weighted by molar-refractivity contribution is 7.89. The molecule has 1 aliphatic rings. The van der Waals surface area contributed by atoms with Crippen LogP contribution in [-0.4, -0.2) is 49.9 Å². The van der Waals surface area contributed by atoms with Gasteiger partial charge in [-0.05, 0) is 37.8 Å². The van der Waals surface area contributed by atoms with E-state index < -0.39 is 21.9 Å². The Morgan fingerprint density at radius 3 is 2.27 bits per heavy atom. The molecule has 2 rings (SSSR count). The molecule has 0 aromatic heterocycles. The van der Waals surface area contributed by atoms with Crippen molar-refractivity contribution in [2.75, 3.05) is 19.6 Å². The Bertz CT molecular complexity index is 796. The van der Waals surface area contributed by atoms with Crippen molar-refractivity contribution in [3.8, 4) is 0 Å². The van der Waals surface area contributed by atoms with Crippen LogP contribution in [0.5, 0.6) is 0 Å². The van der Waals surface area contributed by atoms with Gasteiger partial charge in [-0.25, -0.2) is 13.1 Å². The third-order valence-corrected chi connectivity index (χ3v) is 6.55. The SMILES string of the molecule is Cc1cc(C)c(S(=O)(=O)NCCC(=O)N2C[C@@H](C)[C@H](C(=O)O)C2)c(C)c1. The van der Waals surface area contributed by atoms with E-state index in [0.29, 0.717) is 17.7 Å². The molecule has 2 atom stereocenters. The molecule has 8 heteroatoms. The first-order valence-electron chi connectivity index (χ1n) is 8.61. The Hall–Kier alpha value is -1.93. The van der Waals surface area contributed by atoms with Crippen LogP contribution < -0.4 is 4.72 Å². The fraction of sp³-hybridized carbons (Fsp3) is 0.556. The molecule has 0 bridgehead atoms. The van der Waals surface area contributed by atoms with Crippen LogP contribution in [0.3, 0.4) is 0 Å². The number of hydrogen-bond donors (Lipinski definition) is 2. The molecular formula is C18H26N2O5S. The Morgan fingerprint density at radius 1 is 1.19 bits per heavy atom. The van der Waals surface area contributed by atoms with E-state index in [2.05, 4.69) is 4.72 Å². The number of rotatable bonds is 6. The quantitative estimate of drug-likeness (QED) is 0.775.